The largest absolute Gasteiger partial charge is 0.371 e. The molecule has 1 heterocycles. The molecule has 0 aliphatic carbocycles. The fourth-order valence-corrected chi connectivity index (χ4v) is 2.11. The topological polar surface area (TPSA) is 49.6 Å². The number of nitrogens with two attached hydrogens (primary N) is 1. The van der Waals surface area contributed by atoms with E-state index < -0.39 is 6.04 Å². The molecule has 0 aromatic heterocycles. The maximum absolute atomic E-state index is 12.2. The van der Waals surface area contributed by atoms with Gasteiger partial charge in [0.15, 0.2) is 0 Å². The zero-order valence-electron chi connectivity index (χ0n) is 10.4. The molecule has 1 aliphatic rings. The molecule has 0 saturated carbocycles. The van der Waals surface area contributed by atoms with E-state index in [1.54, 1.807) is 0 Å². The second-order valence-corrected chi connectivity index (χ2v) is 4.41. The number of likely N-dealkylation sites (N-methyl/N-ethyl adjacent to an activating group) is 1. The number of hydrogen-bond donors (Lipinski definition) is 1. The zero-order valence-corrected chi connectivity index (χ0v) is 10.4. The monoisotopic (exact) mass is 233 g/mol. The normalized spacial score (nSPS) is 16.6. The molecule has 1 aliphatic heterocycles. The molecule has 2 rings (SSSR count). The minimum Gasteiger partial charge on any atom is -0.371 e. The van der Waals surface area contributed by atoms with Crippen molar-refractivity contribution in [3.05, 3.63) is 24.3 Å². The predicted molar refractivity (Wildman–Crippen MR) is 70.3 cm³/mol. The van der Waals surface area contributed by atoms with Gasteiger partial charge in [-0.15, -0.1) is 0 Å². The van der Waals surface area contributed by atoms with Gasteiger partial charge in [0.05, 0.1) is 17.4 Å². The quantitative estimate of drug-likeness (QED) is 0.835. The number of benzene rings is 1. The van der Waals surface area contributed by atoms with E-state index in [0.29, 0.717) is 13.0 Å². The minimum absolute atomic E-state index is 0.0213. The summed E-state index contributed by atoms with van der Waals surface area (Å²) in [6.45, 7) is 3.49. The van der Waals surface area contributed by atoms with Crippen LogP contribution in [0.15, 0.2) is 24.3 Å². The van der Waals surface area contributed by atoms with E-state index in [1.807, 2.05) is 43.1 Å². The van der Waals surface area contributed by atoms with Crippen LogP contribution in [-0.2, 0) is 4.79 Å². The summed E-state index contributed by atoms with van der Waals surface area (Å²) in [4.78, 5) is 16.2. The van der Waals surface area contributed by atoms with Crippen LogP contribution in [0.1, 0.15) is 13.3 Å². The van der Waals surface area contributed by atoms with Gasteiger partial charge in [-0.3, -0.25) is 4.79 Å². The van der Waals surface area contributed by atoms with E-state index in [0.717, 1.165) is 17.9 Å². The molecule has 4 nitrogen and oxygen atoms in total. The first-order valence-electron chi connectivity index (χ1n) is 6.02. The Kier molecular flexibility index (Phi) is 3.33. The first kappa shape index (κ1) is 11.9. The molecule has 0 fully saturated rings. The predicted octanol–water partition coefficient (Wildman–Crippen LogP) is 1.21. The van der Waals surface area contributed by atoms with Gasteiger partial charge in [-0.05, 0) is 18.6 Å². The number of anilines is 2. The fraction of sp³-hybridized carbons (Fsp3) is 0.462. The van der Waals surface area contributed by atoms with Crippen molar-refractivity contribution in [3.8, 4) is 0 Å². The Balaban J connectivity index is 2.33. The summed E-state index contributed by atoms with van der Waals surface area (Å²) in [6, 6.07) is 7.56. The van der Waals surface area contributed by atoms with Crippen LogP contribution in [0.3, 0.4) is 0 Å². The summed E-state index contributed by atoms with van der Waals surface area (Å²) in [5, 5.41) is 0. The third-order valence-electron chi connectivity index (χ3n) is 3.27. The Bertz CT molecular complexity index is 419. The molecule has 17 heavy (non-hydrogen) atoms. The molecule has 4 heteroatoms. The first-order chi connectivity index (χ1) is 8.15. The highest BCUT2D eigenvalue weighted by Crippen LogP contribution is 2.31. The van der Waals surface area contributed by atoms with E-state index in [4.69, 9.17) is 5.73 Å². The van der Waals surface area contributed by atoms with Crippen molar-refractivity contribution in [2.24, 2.45) is 5.73 Å². The molecule has 1 aromatic rings. The van der Waals surface area contributed by atoms with E-state index in [1.165, 1.54) is 0 Å². The van der Waals surface area contributed by atoms with E-state index in [-0.39, 0.29) is 5.91 Å². The van der Waals surface area contributed by atoms with Gasteiger partial charge in [0.25, 0.3) is 0 Å². The molecule has 1 atom stereocenters. The number of para-hydroxylation sites is 2. The van der Waals surface area contributed by atoms with E-state index in [2.05, 4.69) is 4.90 Å². The Hall–Kier alpha value is -1.55. The molecular weight excluding hydrogens is 214 g/mol. The van der Waals surface area contributed by atoms with Crippen molar-refractivity contribution in [2.45, 2.75) is 19.4 Å². The average Bonchev–Trinajstić information content (AvgIpc) is 2.38. The molecule has 0 spiro atoms. The lowest BCUT2D eigenvalue weighted by atomic mass is 10.1. The van der Waals surface area contributed by atoms with Crippen molar-refractivity contribution < 1.29 is 4.79 Å². The maximum atomic E-state index is 12.2. The lowest BCUT2D eigenvalue weighted by Gasteiger charge is -2.36. The van der Waals surface area contributed by atoms with Crippen LogP contribution in [0.2, 0.25) is 0 Å². The summed E-state index contributed by atoms with van der Waals surface area (Å²) in [7, 11) is 2.04. The Morgan fingerprint density at radius 3 is 2.65 bits per heavy atom. The number of rotatable bonds is 2. The number of fused-ring (bicyclic) bond motifs is 1. The van der Waals surface area contributed by atoms with Crippen molar-refractivity contribution in [2.75, 3.05) is 29.9 Å². The molecule has 1 amide bonds. The van der Waals surface area contributed by atoms with Gasteiger partial charge in [-0.2, -0.15) is 0 Å². The molecule has 1 aromatic carbocycles. The number of carbonyl (C=O) groups is 1. The molecule has 0 unspecified atom stereocenters. The van der Waals surface area contributed by atoms with Crippen LogP contribution in [-0.4, -0.2) is 32.1 Å². The van der Waals surface area contributed by atoms with Crippen LogP contribution in [0.5, 0.6) is 0 Å². The molecule has 2 N–H and O–H groups in total. The Morgan fingerprint density at radius 1 is 1.35 bits per heavy atom. The second kappa shape index (κ2) is 4.75. The molecule has 0 saturated heterocycles. The summed E-state index contributed by atoms with van der Waals surface area (Å²) >= 11 is 0. The summed E-state index contributed by atoms with van der Waals surface area (Å²) < 4.78 is 0. The first-order valence-corrected chi connectivity index (χ1v) is 6.02. The summed E-state index contributed by atoms with van der Waals surface area (Å²) in [6.07, 6.45) is 0.674. The lowest BCUT2D eigenvalue weighted by molar-refractivity contribution is -0.119. The molecule has 0 bridgehead atoms. The lowest BCUT2D eigenvalue weighted by Crippen LogP contribution is -2.49. The number of amides is 1. The highest BCUT2D eigenvalue weighted by Gasteiger charge is 2.27. The average molecular weight is 233 g/mol. The number of hydrogen-bond acceptors (Lipinski definition) is 3. The van der Waals surface area contributed by atoms with Crippen LogP contribution >= 0.6 is 0 Å². The highest BCUT2D eigenvalue weighted by molar-refractivity contribution is 6.00. The molecule has 0 radical (unpaired) electrons. The standard InChI is InChI=1S/C13H19N3O/c1-3-10(14)13(17)16-9-8-15(2)11-6-4-5-7-12(11)16/h4-7,10H,3,8-9,14H2,1-2H3/t10-/m1/s1. The van der Waals surface area contributed by atoms with Gasteiger partial charge in [0.2, 0.25) is 5.91 Å². The van der Waals surface area contributed by atoms with E-state index in [9.17, 15) is 4.79 Å². The van der Waals surface area contributed by atoms with Crippen LogP contribution in [0.4, 0.5) is 11.4 Å². The Labute approximate surface area is 102 Å². The third kappa shape index (κ3) is 2.13. The van der Waals surface area contributed by atoms with Crippen LogP contribution in [0, 0.1) is 0 Å². The van der Waals surface area contributed by atoms with Gasteiger partial charge in [0.1, 0.15) is 0 Å². The van der Waals surface area contributed by atoms with Crippen LogP contribution in [0.25, 0.3) is 0 Å². The van der Waals surface area contributed by atoms with Crippen molar-refractivity contribution in [1.29, 1.82) is 0 Å². The van der Waals surface area contributed by atoms with Gasteiger partial charge in [-0.25, -0.2) is 0 Å². The van der Waals surface area contributed by atoms with Gasteiger partial charge < -0.3 is 15.5 Å². The molecular formula is C13H19N3O. The van der Waals surface area contributed by atoms with Crippen molar-refractivity contribution in [1.82, 2.24) is 0 Å². The zero-order chi connectivity index (χ0) is 12.4. The fourth-order valence-electron chi connectivity index (χ4n) is 2.11. The minimum atomic E-state index is -0.397. The van der Waals surface area contributed by atoms with Gasteiger partial charge >= 0.3 is 0 Å². The van der Waals surface area contributed by atoms with Gasteiger partial charge in [0, 0.05) is 20.1 Å². The Morgan fingerprint density at radius 2 is 2.00 bits per heavy atom. The highest BCUT2D eigenvalue weighted by atomic mass is 16.2. The summed E-state index contributed by atoms with van der Waals surface area (Å²) in [5.41, 5.74) is 7.89. The molecule has 92 valence electrons. The summed E-state index contributed by atoms with van der Waals surface area (Å²) in [5.74, 6) is 0.0213. The smallest absolute Gasteiger partial charge is 0.244 e. The third-order valence-corrected chi connectivity index (χ3v) is 3.27. The SMILES string of the molecule is CC[C@@H](N)C(=O)N1CCN(C)c2ccccc21. The van der Waals surface area contributed by atoms with Crippen molar-refractivity contribution >= 4 is 17.3 Å². The van der Waals surface area contributed by atoms with E-state index >= 15 is 0 Å². The maximum Gasteiger partial charge on any atom is 0.244 e. The van der Waals surface area contributed by atoms with Gasteiger partial charge in [-0.1, -0.05) is 19.1 Å². The van der Waals surface area contributed by atoms with Crippen molar-refractivity contribution in [3.63, 3.8) is 0 Å². The van der Waals surface area contributed by atoms with Crippen LogP contribution < -0.4 is 15.5 Å². The number of carbonyl (C=O) groups excluding carboxylic acids is 1. The number of nitrogens with zero attached hydrogens (tertiary/aromatic N) is 2. The second-order valence-electron chi connectivity index (χ2n) is 4.41.